The smallest absolute Gasteiger partial charge is 0.307 e. The van der Waals surface area contributed by atoms with Crippen LogP contribution in [-0.2, 0) is 16.0 Å². The summed E-state index contributed by atoms with van der Waals surface area (Å²) in [5.41, 5.74) is 2.61. The van der Waals surface area contributed by atoms with Gasteiger partial charge in [0.25, 0.3) is 0 Å². The molecule has 17 heavy (non-hydrogen) atoms. The van der Waals surface area contributed by atoms with Gasteiger partial charge < -0.3 is 9.84 Å². The molecule has 0 bridgehead atoms. The second-order valence-corrected chi connectivity index (χ2v) is 4.54. The maximum Gasteiger partial charge on any atom is 0.307 e. The van der Waals surface area contributed by atoms with E-state index in [2.05, 4.69) is 5.10 Å². The summed E-state index contributed by atoms with van der Waals surface area (Å²) >= 11 is 0. The van der Waals surface area contributed by atoms with E-state index in [1.54, 1.807) is 0 Å². The van der Waals surface area contributed by atoms with Crippen LogP contribution >= 0.6 is 0 Å². The monoisotopic (exact) mass is 238 g/mol. The molecular formula is C12H18N2O3. The average molecular weight is 238 g/mol. The molecule has 1 saturated heterocycles. The maximum absolute atomic E-state index is 10.8. The molecule has 1 N–H and O–H groups in total. The highest BCUT2D eigenvalue weighted by atomic mass is 16.5. The van der Waals surface area contributed by atoms with Gasteiger partial charge in [-0.3, -0.25) is 9.48 Å². The number of nitrogens with zero attached hydrogens (tertiary/aromatic N) is 2. The fourth-order valence-corrected chi connectivity index (χ4v) is 2.38. The largest absolute Gasteiger partial charge is 0.481 e. The predicted molar refractivity (Wildman–Crippen MR) is 62.1 cm³/mol. The standard InChI is InChI=1S/C12H18N2O3/c1-8-11(6-12(15)16)9(2)14(13-8)10-4-3-5-17-7-10/h10H,3-7H2,1-2H3,(H,15,16). The highest BCUT2D eigenvalue weighted by Gasteiger charge is 2.22. The molecule has 1 aliphatic heterocycles. The van der Waals surface area contributed by atoms with Crippen LogP contribution in [0.4, 0.5) is 0 Å². The van der Waals surface area contributed by atoms with Gasteiger partial charge in [-0.15, -0.1) is 0 Å². The molecule has 5 nitrogen and oxygen atoms in total. The molecule has 0 aliphatic carbocycles. The van der Waals surface area contributed by atoms with Crippen LogP contribution in [-0.4, -0.2) is 34.1 Å². The Morgan fingerprint density at radius 3 is 2.94 bits per heavy atom. The number of carbonyl (C=O) groups is 1. The van der Waals surface area contributed by atoms with Crippen LogP contribution in [0.5, 0.6) is 0 Å². The SMILES string of the molecule is Cc1nn(C2CCCOC2)c(C)c1CC(=O)O. The zero-order valence-corrected chi connectivity index (χ0v) is 10.3. The first-order valence-corrected chi connectivity index (χ1v) is 5.93. The van der Waals surface area contributed by atoms with Crippen molar-refractivity contribution in [3.8, 4) is 0 Å². The number of carboxylic acids is 1. The molecule has 1 aromatic rings. The summed E-state index contributed by atoms with van der Waals surface area (Å²) in [6.45, 7) is 5.30. The molecule has 0 spiro atoms. The third kappa shape index (κ3) is 2.49. The predicted octanol–water partition coefficient (Wildman–Crippen LogP) is 1.48. The van der Waals surface area contributed by atoms with Crippen molar-refractivity contribution in [2.24, 2.45) is 0 Å². The van der Waals surface area contributed by atoms with Crippen LogP contribution in [0.2, 0.25) is 0 Å². The Balaban J connectivity index is 2.26. The van der Waals surface area contributed by atoms with Gasteiger partial charge in [-0.25, -0.2) is 0 Å². The number of aromatic nitrogens is 2. The lowest BCUT2D eigenvalue weighted by Crippen LogP contribution is -2.23. The normalized spacial score (nSPS) is 20.5. The fraction of sp³-hybridized carbons (Fsp3) is 0.667. The molecule has 1 aliphatic rings. The zero-order valence-electron chi connectivity index (χ0n) is 10.3. The number of carboxylic acid groups (broad SMARTS) is 1. The van der Waals surface area contributed by atoms with Gasteiger partial charge in [0.2, 0.25) is 0 Å². The molecular weight excluding hydrogens is 220 g/mol. The van der Waals surface area contributed by atoms with Crippen molar-refractivity contribution in [1.29, 1.82) is 0 Å². The number of aliphatic carboxylic acids is 1. The van der Waals surface area contributed by atoms with E-state index in [-0.39, 0.29) is 12.5 Å². The Labute approximate surface area is 100 Å². The van der Waals surface area contributed by atoms with E-state index < -0.39 is 5.97 Å². The second kappa shape index (κ2) is 4.87. The Morgan fingerprint density at radius 1 is 1.59 bits per heavy atom. The van der Waals surface area contributed by atoms with Gasteiger partial charge in [-0.2, -0.15) is 5.10 Å². The van der Waals surface area contributed by atoms with Gasteiger partial charge in [0, 0.05) is 17.9 Å². The lowest BCUT2D eigenvalue weighted by atomic mass is 10.1. The van der Waals surface area contributed by atoms with Gasteiger partial charge in [0.05, 0.1) is 24.8 Å². The number of hydrogen-bond donors (Lipinski definition) is 1. The van der Waals surface area contributed by atoms with Crippen LogP contribution in [0.3, 0.4) is 0 Å². The molecule has 2 heterocycles. The summed E-state index contributed by atoms with van der Waals surface area (Å²) in [5, 5.41) is 13.3. The summed E-state index contributed by atoms with van der Waals surface area (Å²) < 4.78 is 7.38. The quantitative estimate of drug-likeness (QED) is 0.866. The minimum absolute atomic E-state index is 0.0469. The first kappa shape index (κ1) is 12.1. The molecule has 0 radical (unpaired) electrons. The molecule has 1 fully saturated rings. The second-order valence-electron chi connectivity index (χ2n) is 4.54. The van der Waals surface area contributed by atoms with Crippen molar-refractivity contribution < 1.29 is 14.6 Å². The maximum atomic E-state index is 10.8. The third-order valence-corrected chi connectivity index (χ3v) is 3.28. The van der Waals surface area contributed by atoms with Gasteiger partial charge in [0.15, 0.2) is 0 Å². The number of aryl methyl sites for hydroxylation is 1. The topological polar surface area (TPSA) is 64.4 Å². The van der Waals surface area contributed by atoms with E-state index in [1.165, 1.54) is 0 Å². The van der Waals surface area contributed by atoms with Crippen molar-refractivity contribution in [2.45, 2.75) is 39.2 Å². The van der Waals surface area contributed by atoms with Gasteiger partial charge >= 0.3 is 5.97 Å². The highest BCUT2D eigenvalue weighted by molar-refractivity contribution is 5.70. The van der Waals surface area contributed by atoms with E-state index in [0.717, 1.165) is 36.4 Å². The average Bonchev–Trinajstić information content (AvgIpc) is 2.58. The van der Waals surface area contributed by atoms with Gasteiger partial charge in [-0.05, 0) is 26.7 Å². The summed E-state index contributed by atoms with van der Waals surface area (Å²) in [6.07, 6.45) is 2.14. The van der Waals surface area contributed by atoms with Crippen LogP contribution in [0.15, 0.2) is 0 Å². The summed E-state index contributed by atoms with van der Waals surface area (Å²) in [4.78, 5) is 10.8. The van der Waals surface area contributed by atoms with Crippen molar-refractivity contribution in [3.05, 3.63) is 17.0 Å². The van der Waals surface area contributed by atoms with E-state index in [1.807, 2.05) is 18.5 Å². The molecule has 94 valence electrons. The Kier molecular flexibility index (Phi) is 3.47. The fourth-order valence-electron chi connectivity index (χ4n) is 2.38. The van der Waals surface area contributed by atoms with Crippen LogP contribution in [0.25, 0.3) is 0 Å². The first-order chi connectivity index (χ1) is 8.09. The van der Waals surface area contributed by atoms with E-state index >= 15 is 0 Å². The van der Waals surface area contributed by atoms with Crippen molar-refractivity contribution in [3.63, 3.8) is 0 Å². The first-order valence-electron chi connectivity index (χ1n) is 5.93. The van der Waals surface area contributed by atoms with Crippen molar-refractivity contribution >= 4 is 5.97 Å². The minimum atomic E-state index is -0.810. The summed E-state index contributed by atoms with van der Waals surface area (Å²) in [5.74, 6) is -0.810. The third-order valence-electron chi connectivity index (χ3n) is 3.28. The Hall–Kier alpha value is -1.36. The number of ether oxygens (including phenoxy) is 1. The highest BCUT2D eigenvalue weighted by Crippen LogP contribution is 2.24. The summed E-state index contributed by atoms with van der Waals surface area (Å²) in [6, 6.07) is 0.255. The molecule has 0 saturated carbocycles. The molecule has 1 atom stereocenters. The van der Waals surface area contributed by atoms with Crippen LogP contribution in [0.1, 0.15) is 35.8 Å². The van der Waals surface area contributed by atoms with E-state index in [0.29, 0.717) is 6.61 Å². The van der Waals surface area contributed by atoms with Crippen molar-refractivity contribution in [1.82, 2.24) is 9.78 Å². The van der Waals surface area contributed by atoms with Gasteiger partial charge in [0.1, 0.15) is 0 Å². The van der Waals surface area contributed by atoms with E-state index in [4.69, 9.17) is 9.84 Å². The zero-order chi connectivity index (χ0) is 12.4. The summed E-state index contributed by atoms with van der Waals surface area (Å²) in [7, 11) is 0. The molecule has 2 rings (SSSR count). The Morgan fingerprint density at radius 2 is 2.35 bits per heavy atom. The van der Waals surface area contributed by atoms with Crippen LogP contribution < -0.4 is 0 Å². The lowest BCUT2D eigenvalue weighted by molar-refractivity contribution is -0.136. The molecule has 0 aromatic carbocycles. The lowest BCUT2D eigenvalue weighted by Gasteiger charge is -2.23. The molecule has 0 amide bonds. The molecule has 5 heteroatoms. The Bertz CT molecular complexity index is 420. The minimum Gasteiger partial charge on any atom is -0.481 e. The number of rotatable bonds is 3. The van der Waals surface area contributed by atoms with Gasteiger partial charge in [-0.1, -0.05) is 0 Å². The van der Waals surface area contributed by atoms with E-state index in [9.17, 15) is 4.79 Å². The molecule has 1 unspecified atom stereocenters. The van der Waals surface area contributed by atoms with Crippen molar-refractivity contribution in [2.75, 3.05) is 13.2 Å². The number of hydrogen-bond acceptors (Lipinski definition) is 3. The van der Waals surface area contributed by atoms with Crippen LogP contribution in [0, 0.1) is 13.8 Å². The molecule has 1 aromatic heterocycles.